The molecule has 21 heavy (non-hydrogen) atoms. The Balaban J connectivity index is 2.06. The summed E-state index contributed by atoms with van der Waals surface area (Å²) < 4.78 is 27.6. The first-order chi connectivity index (χ1) is 9.97. The number of aryl methyl sites for hydroxylation is 1. The Hall–Kier alpha value is -2.51. The van der Waals surface area contributed by atoms with E-state index in [4.69, 9.17) is 0 Å². The largest absolute Gasteiger partial charge is 0.383 e. The summed E-state index contributed by atoms with van der Waals surface area (Å²) in [4.78, 5) is 9.92. The molecular weight excluding hydrogens is 282 g/mol. The fourth-order valence-corrected chi connectivity index (χ4v) is 1.90. The summed E-state index contributed by atoms with van der Waals surface area (Å²) in [6.45, 7) is 2.80. The molecule has 0 radical (unpaired) electrons. The number of hydrogen-bond acceptors (Lipinski definition) is 4. The number of alkyl halides is 2. The Morgan fingerprint density at radius 1 is 1.48 bits per heavy atom. The lowest BCUT2D eigenvalue weighted by atomic mass is 10.1. The van der Waals surface area contributed by atoms with Crippen molar-refractivity contribution >= 4 is 11.4 Å². The molecule has 6 nitrogen and oxygen atoms in total. The average Bonchev–Trinajstić information content (AvgIpc) is 2.84. The fourth-order valence-electron chi connectivity index (χ4n) is 1.90. The van der Waals surface area contributed by atoms with E-state index < -0.39 is 11.3 Å². The van der Waals surface area contributed by atoms with Gasteiger partial charge in [0.2, 0.25) is 0 Å². The molecule has 1 aromatic carbocycles. The molecule has 0 aliphatic rings. The summed E-state index contributed by atoms with van der Waals surface area (Å²) in [5, 5.41) is 17.6. The minimum Gasteiger partial charge on any atom is -0.383 e. The van der Waals surface area contributed by atoms with Crippen molar-refractivity contribution in [3.63, 3.8) is 0 Å². The van der Waals surface area contributed by atoms with Crippen LogP contribution in [0.15, 0.2) is 30.6 Å². The number of nitro benzene ring substituents is 1. The molecule has 0 aliphatic carbocycles. The molecule has 1 heterocycles. The first-order valence-corrected chi connectivity index (χ1v) is 6.27. The zero-order valence-electron chi connectivity index (χ0n) is 11.3. The van der Waals surface area contributed by atoms with Crippen molar-refractivity contribution in [2.45, 2.75) is 19.9 Å². The molecule has 8 heteroatoms. The number of hydrogen-bond donors (Lipinski definition) is 1. The van der Waals surface area contributed by atoms with Gasteiger partial charge in [-0.25, -0.2) is 8.78 Å². The lowest BCUT2D eigenvalue weighted by molar-refractivity contribution is -0.385. The van der Waals surface area contributed by atoms with Crippen molar-refractivity contribution in [3.05, 3.63) is 51.8 Å². The van der Waals surface area contributed by atoms with E-state index >= 15 is 0 Å². The third kappa shape index (κ3) is 3.74. The fraction of sp³-hybridized carbons (Fsp3) is 0.308. The molecule has 1 N–H and O–H groups in total. The smallest absolute Gasteiger partial charge is 0.270 e. The summed E-state index contributed by atoms with van der Waals surface area (Å²) >= 11 is 0. The summed E-state index contributed by atoms with van der Waals surface area (Å²) in [5.74, 6) is 0. The van der Waals surface area contributed by atoms with Gasteiger partial charge in [0.25, 0.3) is 12.1 Å². The number of non-ortho nitro benzene ring substituents is 1. The molecule has 0 saturated carbocycles. The number of nitrogens with one attached hydrogen (secondary N) is 1. The van der Waals surface area contributed by atoms with Crippen LogP contribution in [0.5, 0.6) is 0 Å². The van der Waals surface area contributed by atoms with Gasteiger partial charge in [-0.2, -0.15) is 5.10 Å². The second-order valence-electron chi connectivity index (χ2n) is 4.54. The van der Waals surface area contributed by atoms with Crippen LogP contribution in [0.2, 0.25) is 0 Å². The molecule has 2 aromatic rings. The van der Waals surface area contributed by atoms with Crippen LogP contribution in [0, 0.1) is 17.0 Å². The van der Waals surface area contributed by atoms with Crippen molar-refractivity contribution < 1.29 is 13.7 Å². The van der Waals surface area contributed by atoms with Gasteiger partial charge in [0.05, 0.1) is 17.7 Å². The lowest BCUT2D eigenvalue weighted by Crippen LogP contribution is -2.12. The molecular formula is C13H14F2N4O2. The molecule has 0 aliphatic heterocycles. The van der Waals surface area contributed by atoms with Crippen LogP contribution in [0.4, 0.5) is 20.2 Å². The zero-order valence-corrected chi connectivity index (χ0v) is 11.3. The van der Waals surface area contributed by atoms with E-state index in [0.29, 0.717) is 13.1 Å². The standard InChI is InChI=1S/C13H14F2N4O2/c1-9-7-17-18(8-9)5-4-16-12-3-2-10(19(20)21)6-11(12)13(14)15/h2-3,6-8,13,16H,4-5H2,1H3. The highest BCUT2D eigenvalue weighted by molar-refractivity contribution is 5.56. The van der Waals surface area contributed by atoms with Gasteiger partial charge >= 0.3 is 0 Å². The van der Waals surface area contributed by atoms with Gasteiger partial charge in [-0.1, -0.05) is 0 Å². The quantitative estimate of drug-likeness (QED) is 0.656. The van der Waals surface area contributed by atoms with Crippen molar-refractivity contribution in [2.24, 2.45) is 0 Å². The summed E-state index contributed by atoms with van der Waals surface area (Å²) in [6, 6.07) is 3.39. The zero-order chi connectivity index (χ0) is 15.4. The van der Waals surface area contributed by atoms with Gasteiger partial charge in [0.1, 0.15) is 0 Å². The second kappa shape index (κ2) is 6.29. The van der Waals surface area contributed by atoms with Crippen LogP contribution < -0.4 is 5.32 Å². The number of halogens is 2. The van der Waals surface area contributed by atoms with Gasteiger partial charge in [-0.05, 0) is 18.6 Å². The Kier molecular flexibility index (Phi) is 4.46. The number of rotatable bonds is 6. The second-order valence-corrected chi connectivity index (χ2v) is 4.54. The topological polar surface area (TPSA) is 73.0 Å². The summed E-state index contributed by atoms with van der Waals surface area (Å²) in [7, 11) is 0. The van der Waals surface area contributed by atoms with E-state index in [1.807, 2.05) is 13.1 Å². The molecule has 0 atom stereocenters. The monoisotopic (exact) mass is 296 g/mol. The molecule has 0 unspecified atom stereocenters. The van der Waals surface area contributed by atoms with Crippen molar-refractivity contribution in [1.82, 2.24) is 9.78 Å². The molecule has 0 saturated heterocycles. The highest BCUT2D eigenvalue weighted by Crippen LogP contribution is 2.30. The predicted octanol–water partition coefficient (Wildman–Crippen LogP) is 3.15. The van der Waals surface area contributed by atoms with Crippen molar-refractivity contribution in [1.29, 1.82) is 0 Å². The Morgan fingerprint density at radius 3 is 2.81 bits per heavy atom. The number of aromatic nitrogens is 2. The molecule has 1 aromatic heterocycles. The normalized spacial score (nSPS) is 10.9. The Labute approximate surface area is 119 Å². The number of nitrogens with zero attached hydrogens (tertiary/aromatic N) is 3. The van der Waals surface area contributed by atoms with Crippen LogP contribution in [-0.4, -0.2) is 21.2 Å². The van der Waals surface area contributed by atoms with Crippen LogP contribution >= 0.6 is 0 Å². The molecule has 0 bridgehead atoms. The predicted molar refractivity (Wildman–Crippen MR) is 73.5 cm³/mol. The Bertz CT molecular complexity index is 643. The van der Waals surface area contributed by atoms with Gasteiger partial charge in [-0.3, -0.25) is 14.8 Å². The molecule has 0 spiro atoms. The maximum atomic E-state index is 12.9. The first kappa shape index (κ1) is 14.9. The minimum atomic E-state index is -2.78. The maximum Gasteiger partial charge on any atom is 0.270 e. The van der Waals surface area contributed by atoms with Gasteiger partial charge in [0, 0.05) is 36.1 Å². The highest BCUT2D eigenvalue weighted by atomic mass is 19.3. The van der Waals surface area contributed by atoms with Crippen molar-refractivity contribution in [3.8, 4) is 0 Å². The number of anilines is 1. The SMILES string of the molecule is Cc1cnn(CCNc2ccc([N+](=O)[O-])cc2C(F)F)c1. The third-order valence-corrected chi connectivity index (χ3v) is 2.90. The maximum absolute atomic E-state index is 12.9. The van der Waals surface area contributed by atoms with Crippen LogP contribution in [0.3, 0.4) is 0 Å². The van der Waals surface area contributed by atoms with Gasteiger partial charge in [0.15, 0.2) is 0 Å². The highest BCUT2D eigenvalue weighted by Gasteiger charge is 2.17. The minimum absolute atomic E-state index is 0.194. The van der Waals surface area contributed by atoms with E-state index in [1.54, 1.807) is 10.9 Å². The van der Waals surface area contributed by atoms with Crippen molar-refractivity contribution in [2.75, 3.05) is 11.9 Å². The van der Waals surface area contributed by atoms with Crippen LogP contribution in [0.25, 0.3) is 0 Å². The summed E-state index contributed by atoms with van der Waals surface area (Å²) in [6.07, 6.45) is 0.765. The van der Waals surface area contributed by atoms with E-state index in [0.717, 1.165) is 11.6 Å². The van der Waals surface area contributed by atoms with E-state index in [-0.39, 0.29) is 16.9 Å². The number of benzene rings is 1. The van der Waals surface area contributed by atoms with E-state index in [2.05, 4.69) is 10.4 Å². The lowest BCUT2D eigenvalue weighted by Gasteiger charge is -2.11. The number of nitro groups is 1. The molecule has 0 fully saturated rings. The van der Waals surface area contributed by atoms with Gasteiger partial charge in [-0.15, -0.1) is 0 Å². The molecule has 112 valence electrons. The van der Waals surface area contributed by atoms with Crippen LogP contribution in [-0.2, 0) is 6.54 Å². The van der Waals surface area contributed by atoms with E-state index in [9.17, 15) is 18.9 Å². The average molecular weight is 296 g/mol. The Morgan fingerprint density at radius 2 is 2.24 bits per heavy atom. The molecule has 0 amide bonds. The third-order valence-electron chi connectivity index (χ3n) is 2.90. The molecule has 2 rings (SSSR count). The van der Waals surface area contributed by atoms with Crippen LogP contribution in [0.1, 0.15) is 17.6 Å². The van der Waals surface area contributed by atoms with Gasteiger partial charge < -0.3 is 5.32 Å². The first-order valence-electron chi connectivity index (χ1n) is 6.27. The van der Waals surface area contributed by atoms with E-state index in [1.165, 1.54) is 12.1 Å². The summed E-state index contributed by atoms with van der Waals surface area (Å²) in [5.41, 5.74) is 0.484.